The molecule has 1 aliphatic heterocycles. The molecule has 0 atom stereocenters. The number of carbonyl (C=O) groups excluding carboxylic acids is 1. The van der Waals surface area contributed by atoms with E-state index < -0.39 is 0 Å². The molecule has 1 aliphatic rings. The molecule has 3 heteroatoms. The molecule has 2 aromatic rings. The van der Waals surface area contributed by atoms with Crippen molar-refractivity contribution in [1.29, 1.82) is 0 Å². The molecule has 138 valence electrons. The Labute approximate surface area is 157 Å². The number of nitrogens with zero attached hydrogens (tertiary/aromatic N) is 1. The molecule has 26 heavy (non-hydrogen) atoms. The first kappa shape index (κ1) is 18.7. The average Bonchev–Trinajstić information content (AvgIpc) is 2.92. The van der Waals surface area contributed by atoms with Gasteiger partial charge in [-0.1, -0.05) is 50.1 Å². The van der Waals surface area contributed by atoms with E-state index in [1.54, 1.807) is 0 Å². The van der Waals surface area contributed by atoms with Gasteiger partial charge in [0.15, 0.2) is 0 Å². The van der Waals surface area contributed by atoms with Crippen LogP contribution in [0.4, 0.5) is 5.69 Å². The normalized spacial score (nSPS) is 15.5. The quantitative estimate of drug-likeness (QED) is 0.805. The van der Waals surface area contributed by atoms with Gasteiger partial charge in [0, 0.05) is 17.8 Å². The predicted molar refractivity (Wildman–Crippen MR) is 109 cm³/mol. The Morgan fingerprint density at radius 3 is 2.35 bits per heavy atom. The van der Waals surface area contributed by atoms with Crippen molar-refractivity contribution in [3.05, 3.63) is 64.7 Å². The minimum Gasteiger partial charge on any atom is -0.321 e. The van der Waals surface area contributed by atoms with E-state index in [0.29, 0.717) is 0 Å². The minimum absolute atomic E-state index is 0.0321. The van der Waals surface area contributed by atoms with E-state index in [0.717, 1.165) is 29.8 Å². The number of likely N-dealkylation sites (tertiary alicyclic amines) is 1. The van der Waals surface area contributed by atoms with Gasteiger partial charge in [0.25, 0.3) is 5.91 Å². The number of para-hydroxylation sites is 1. The summed E-state index contributed by atoms with van der Waals surface area (Å²) in [5.74, 6) is -0.0321. The molecule has 0 aliphatic carbocycles. The van der Waals surface area contributed by atoms with Crippen molar-refractivity contribution in [3.63, 3.8) is 0 Å². The van der Waals surface area contributed by atoms with Crippen molar-refractivity contribution in [2.24, 2.45) is 0 Å². The smallest absolute Gasteiger partial charge is 0.255 e. The molecule has 0 spiro atoms. The van der Waals surface area contributed by atoms with Gasteiger partial charge in [0.2, 0.25) is 0 Å². The lowest BCUT2D eigenvalue weighted by Gasteiger charge is -2.19. The van der Waals surface area contributed by atoms with E-state index in [4.69, 9.17) is 0 Å². The van der Waals surface area contributed by atoms with Crippen molar-refractivity contribution in [2.75, 3.05) is 18.4 Å². The molecule has 1 amide bonds. The number of aryl methyl sites for hydroxylation is 2. The van der Waals surface area contributed by atoms with Gasteiger partial charge in [-0.2, -0.15) is 0 Å². The predicted octanol–water partition coefficient (Wildman–Crippen LogP) is 5.19. The molecule has 1 N–H and O–H groups in total. The molecule has 0 aromatic heterocycles. The van der Waals surface area contributed by atoms with Gasteiger partial charge < -0.3 is 5.32 Å². The van der Waals surface area contributed by atoms with E-state index >= 15 is 0 Å². The third-order valence-electron chi connectivity index (χ3n) is 5.30. The third kappa shape index (κ3) is 4.73. The maximum atomic E-state index is 12.7. The fourth-order valence-corrected chi connectivity index (χ4v) is 3.70. The lowest BCUT2D eigenvalue weighted by atomic mass is 10.0. The number of amides is 1. The highest BCUT2D eigenvalue weighted by Gasteiger charge is 2.12. The fraction of sp³-hybridized carbons (Fsp3) is 0.435. The summed E-state index contributed by atoms with van der Waals surface area (Å²) in [6.07, 6.45) is 6.22. The summed E-state index contributed by atoms with van der Waals surface area (Å²) in [4.78, 5) is 15.2. The van der Waals surface area contributed by atoms with Crippen molar-refractivity contribution in [1.82, 2.24) is 4.90 Å². The molecule has 1 saturated heterocycles. The van der Waals surface area contributed by atoms with Crippen LogP contribution in [0.1, 0.15) is 59.7 Å². The Morgan fingerprint density at radius 1 is 1.00 bits per heavy atom. The monoisotopic (exact) mass is 350 g/mol. The van der Waals surface area contributed by atoms with E-state index in [-0.39, 0.29) is 5.91 Å². The van der Waals surface area contributed by atoms with Crippen LogP contribution in [0.3, 0.4) is 0 Å². The molecule has 0 saturated carbocycles. The SMILES string of the molecule is CCc1cccc(C)c1NC(=O)c1ccc(CN2CCCCCC2)cc1. The highest BCUT2D eigenvalue weighted by Crippen LogP contribution is 2.22. The Bertz CT molecular complexity index is 728. The summed E-state index contributed by atoms with van der Waals surface area (Å²) >= 11 is 0. The summed E-state index contributed by atoms with van der Waals surface area (Å²) in [5.41, 5.74) is 5.24. The van der Waals surface area contributed by atoms with E-state index in [9.17, 15) is 4.79 Å². The zero-order valence-corrected chi connectivity index (χ0v) is 16.1. The number of anilines is 1. The second kappa shape index (κ2) is 9.00. The Balaban J connectivity index is 1.65. The number of rotatable bonds is 5. The Kier molecular flexibility index (Phi) is 6.45. The van der Waals surface area contributed by atoms with Gasteiger partial charge in [0.1, 0.15) is 0 Å². The average molecular weight is 351 g/mol. The molecule has 2 aromatic carbocycles. The van der Waals surface area contributed by atoms with E-state index in [1.165, 1.54) is 49.9 Å². The minimum atomic E-state index is -0.0321. The molecule has 3 nitrogen and oxygen atoms in total. The topological polar surface area (TPSA) is 32.3 Å². The van der Waals surface area contributed by atoms with Gasteiger partial charge in [-0.3, -0.25) is 9.69 Å². The van der Waals surface area contributed by atoms with Crippen LogP contribution < -0.4 is 5.32 Å². The lowest BCUT2D eigenvalue weighted by molar-refractivity contribution is 0.102. The van der Waals surface area contributed by atoms with Gasteiger partial charge >= 0.3 is 0 Å². The molecule has 1 fully saturated rings. The molecular formula is C23H30N2O. The van der Waals surface area contributed by atoms with Crippen molar-refractivity contribution < 1.29 is 4.79 Å². The van der Waals surface area contributed by atoms with Gasteiger partial charge in [0.05, 0.1) is 0 Å². The first-order valence-electron chi connectivity index (χ1n) is 9.88. The zero-order chi connectivity index (χ0) is 18.4. The van der Waals surface area contributed by atoms with E-state index in [2.05, 4.69) is 35.3 Å². The van der Waals surface area contributed by atoms with E-state index in [1.807, 2.05) is 31.2 Å². The number of carbonyl (C=O) groups is 1. The van der Waals surface area contributed by atoms with Crippen molar-refractivity contribution in [2.45, 2.75) is 52.5 Å². The number of hydrogen-bond donors (Lipinski definition) is 1. The summed E-state index contributed by atoms with van der Waals surface area (Å²) < 4.78 is 0. The standard InChI is InChI=1S/C23H30N2O/c1-3-20-10-8-9-18(2)22(20)24-23(26)21-13-11-19(12-14-21)17-25-15-6-4-5-7-16-25/h8-14H,3-7,15-17H2,1-2H3,(H,24,26). The maximum absolute atomic E-state index is 12.7. The second-order valence-electron chi connectivity index (χ2n) is 7.30. The molecule has 3 rings (SSSR count). The van der Waals surface area contributed by atoms with Crippen LogP contribution in [0.25, 0.3) is 0 Å². The summed E-state index contributed by atoms with van der Waals surface area (Å²) in [5, 5.41) is 3.11. The van der Waals surface area contributed by atoms with Crippen LogP contribution in [-0.2, 0) is 13.0 Å². The molecule has 0 unspecified atom stereocenters. The first-order valence-corrected chi connectivity index (χ1v) is 9.88. The highest BCUT2D eigenvalue weighted by molar-refractivity contribution is 6.05. The molecule has 0 radical (unpaired) electrons. The lowest BCUT2D eigenvalue weighted by Crippen LogP contribution is -2.24. The second-order valence-corrected chi connectivity index (χ2v) is 7.30. The van der Waals surface area contributed by atoms with Crippen molar-refractivity contribution in [3.8, 4) is 0 Å². The van der Waals surface area contributed by atoms with Crippen LogP contribution in [-0.4, -0.2) is 23.9 Å². The largest absolute Gasteiger partial charge is 0.321 e. The van der Waals surface area contributed by atoms with Gasteiger partial charge in [-0.15, -0.1) is 0 Å². The molecule has 0 bridgehead atoms. The molecular weight excluding hydrogens is 320 g/mol. The Hall–Kier alpha value is -2.13. The maximum Gasteiger partial charge on any atom is 0.255 e. The van der Waals surface area contributed by atoms with Crippen LogP contribution in [0.2, 0.25) is 0 Å². The summed E-state index contributed by atoms with van der Waals surface area (Å²) in [7, 11) is 0. The Morgan fingerprint density at radius 2 is 1.69 bits per heavy atom. The zero-order valence-electron chi connectivity index (χ0n) is 16.1. The van der Waals surface area contributed by atoms with Gasteiger partial charge in [-0.25, -0.2) is 0 Å². The van der Waals surface area contributed by atoms with Gasteiger partial charge in [-0.05, 0) is 68.1 Å². The number of benzene rings is 2. The number of hydrogen-bond acceptors (Lipinski definition) is 2. The van der Waals surface area contributed by atoms with Crippen LogP contribution >= 0.6 is 0 Å². The summed E-state index contributed by atoms with van der Waals surface area (Å²) in [6.45, 7) is 7.52. The third-order valence-corrected chi connectivity index (χ3v) is 5.30. The highest BCUT2D eigenvalue weighted by atomic mass is 16.1. The first-order chi connectivity index (χ1) is 12.7. The van der Waals surface area contributed by atoms with Crippen LogP contribution in [0.15, 0.2) is 42.5 Å². The van der Waals surface area contributed by atoms with Crippen LogP contribution in [0, 0.1) is 6.92 Å². The van der Waals surface area contributed by atoms with Crippen LogP contribution in [0.5, 0.6) is 0 Å². The van der Waals surface area contributed by atoms with Crippen molar-refractivity contribution >= 4 is 11.6 Å². The molecule has 1 heterocycles. The fourth-order valence-electron chi connectivity index (χ4n) is 3.70. The summed E-state index contributed by atoms with van der Waals surface area (Å²) in [6, 6.07) is 14.3. The number of nitrogens with one attached hydrogen (secondary N) is 1.